The van der Waals surface area contributed by atoms with Crippen LogP contribution in [-0.4, -0.2) is 31.2 Å². The number of rotatable bonds is 6. The normalized spacial score (nSPS) is 15.6. The van der Waals surface area contributed by atoms with Crippen LogP contribution in [-0.2, 0) is 4.79 Å². The van der Waals surface area contributed by atoms with E-state index in [0.29, 0.717) is 22.0 Å². The van der Waals surface area contributed by atoms with Crippen molar-refractivity contribution in [3.05, 3.63) is 53.3 Å². The average Bonchev–Trinajstić information content (AvgIpc) is 2.67. The van der Waals surface area contributed by atoms with E-state index in [1.807, 2.05) is 6.07 Å². The van der Waals surface area contributed by atoms with E-state index in [9.17, 15) is 14.0 Å². The topological polar surface area (TPSA) is 64.6 Å². The summed E-state index contributed by atoms with van der Waals surface area (Å²) in [4.78, 5) is 24.4. The van der Waals surface area contributed by atoms with Crippen LogP contribution in [0.25, 0.3) is 0 Å². The van der Waals surface area contributed by atoms with E-state index in [1.54, 1.807) is 24.3 Å². The van der Waals surface area contributed by atoms with Gasteiger partial charge in [-0.1, -0.05) is 12.1 Å². The molecule has 2 aromatic carbocycles. The predicted molar refractivity (Wildman–Crippen MR) is 101 cm³/mol. The molecule has 5 nitrogen and oxygen atoms in total. The maximum Gasteiger partial charge on any atom is 0.258 e. The molecule has 1 unspecified atom stereocenters. The number of methoxy groups -OCH3 is 1. The molecule has 0 bridgehead atoms. The summed E-state index contributed by atoms with van der Waals surface area (Å²) in [7, 11) is 1.47. The zero-order valence-electron chi connectivity index (χ0n) is 15.1. The van der Waals surface area contributed by atoms with Crippen molar-refractivity contribution in [2.45, 2.75) is 24.3 Å². The van der Waals surface area contributed by atoms with Crippen molar-refractivity contribution in [2.75, 3.05) is 19.5 Å². The lowest BCUT2D eigenvalue weighted by atomic mass is 10.0. The van der Waals surface area contributed by atoms with Crippen molar-refractivity contribution in [3.8, 4) is 11.5 Å². The summed E-state index contributed by atoms with van der Waals surface area (Å²) in [5, 5.41) is 2.90. The summed E-state index contributed by atoms with van der Waals surface area (Å²) in [5.41, 5.74) is 1.30. The van der Waals surface area contributed by atoms with Gasteiger partial charge in [-0.05, 0) is 43.2 Å². The van der Waals surface area contributed by atoms with Crippen molar-refractivity contribution < 1.29 is 23.5 Å². The average molecular weight is 389 g/mol. The van der Waals surface area contributed by atoms with E-state index in [0.717, 1.165) is 17.7 Å². The highest BCUT2D eigenvalue weighted by Gasteiger charge is 2.24. The molecule has 1 amide bonds. The maximum atomic E-state index is 13.9. The van der Waals surface area contributed by atoms with Crippen molar-refractivity contribution >= 4 is 23.5 Å². The Morgan fingerprint density at radius 2 is 2.07 bits per heavy atom. The fourth-order valence-corrected chi connectivity index (χ4v) is 4.06. The number of Topliss-reactive ketones (excluding diaryl/α,β-unsaturated/α-hetero) is 1. The molecule has 7 heteroatoms. The van der Waals surface area contributed by atoms with Crippen LogP contribution < -0.4 is 14.8 Å². The van der Waals surface area contributed by atoms with Crippen LogP contribution in [0.4, 0.5) is 4.39 Å². The Balaban J connectivity index is 1.65. The zero-order valence-corrected chi connectivity index (χ0v) is 15.9. The van der Waals surface area contributed by atoms with Crippen molar-refractivity contribution in [1.82, 2.24) is 5.32 Å². The Kier molecular flexibility index (Phi) is 6.01. The Labute approximate surface area is 161 Å². The smallest absolute Gasteiger partial charge is 0.258 e. The van der Waals surface area contributed by atoms with E-state index in [-0.39, 0.29) is 30.2 Å². The van der Waals surface area contributed by atoms with Gasteiger partial charge in [0.25, 0.3) is 5.91 Å². The minimum absolute atomic E-state index is 0.0846. The van der Waals surface area contributed by atoms with E-state index in [1.165, 1.54) is 31.9 Å². The summed E-state index contributed by atoms with van der Waals surface area (Å²) < 4.78 is 24.7. The standard InChI is InChI=1S/C20H20FNO4S/c1-12(23)13-6-7-17(18(10-13)25-2)26-11-19(24)22-16-8-9-27-20-14(16)4-3-5-15(20)21/h3-7,10,16H,8-9,11H2,1-2H3,(H,22,24). The van der Waals surface area contributed by atoms with Gasteiger partial charge in [0.1, 0.15) is 5.82 Å². The van der Waals surface area contributed by atoms with Gasteiger partial charge in [-0.25, -0.2) is 4.39 Å². The first-order chi connectivity index (χ1) is 13.0. The molecular weight excluding hydrogens is 369 g/mol. The molecule has 0 saturated heterocycles. The van der Waals surface area contributed by atoms with Crippen LogP contribution in [0.5, 0.6) is 11.5 Å². The third-order valence-electron chi connectivity index (χ3n) is 4.29. The molecule has 1 heterocycles. The minimum atomic E-state index is -0.306. The Bertz CT molecular complexity index is 871. The molecule has 1 aliphatic rings. The summed E-state index contributed by atoms with van der Waals surface area (Å²) in [6.07, 6.45) is 0.726. The molecule has 0 aromatic heterocycles. The van der Waals surface area contributed by atoms with Gasteiger partial charge in [-0.15, -0.1) is 11.8 Å². The minimum Gasteiger partial charge on any atom is -0.493 e. The lowest BCUT2D eigenvalue weighted by Gasteiger charge is -2.26. The maximum absolute atomic E-state index is 13.9. The highest BCUT2D eigenvalue weighted by atomic mass is 32.2. The Hall–Kier alpha value is -2.54. The number of halogens is 1. The summed E-state index contributed by atoms with van der Waals surface area (Å²) >= 11 is 1.46. The van der Waals surface area contributed by atoms with E-state index in [4.69, 9.17) is 9.47 Å². The highest BCUT2D eigenvalue weighted by molar-refractivity contribution is 7.99. The summed E-state index contributed by atoms with van der Waals surface area (Å²) in [5.74, 6) is 0.849. The van der Waals surface area contributed by atoms with Crippen LogP contribution in [0.1, 0.15) is 35.3 Å². The number of hydrogen-bond acceptors (Lipinski definition) is 5. The Morgan fingerprint density at radius 3 is 2.81 bits per heavy atom. The first kappa shape index (κ1) is 19.2. The predicted octanol–water partition coefficient (Wildman–Crippen LogP) is 3.77. The van der Waals surface area contributed by atoms with Crippen LogP contribution in [0.2, 0.25) is 0 Å². The fraction of sp³-hybridized carbons (Fsp3) is 0.300. The fourth-order valence-electron chi connectivity index (χ4n) is 2.92. The number of benzene rings is 2. The number of thioether (sulfide) groups is 1. The number of nitrogens with one attached hydrogen (secondary N) is 1. The molecule has 1 atom stereocenters. The molecule has 2 aromatic rings. The number of ether oxygens (including phenoxy) is 2. The third-order valence-corrected chi connectivity index (χ3v) is 5.45. The highest BCUT2D eigenvalue weighted by Crippen LogP contribution is 2.37. The molecule has 0 saturated carbocycles. The van der Waals surface area contributed by atoms with Gasteiger partial charge < -0.3 is 14.8 Å². The van der Waals surface area contributed by atoms with E-state index < -0.39 is 0 Å². The molecule has 0 aliphatic carbocycles. The second-order valence-electron chi connectivity index (χ2n) is 6.13. The number of carbonyl (C=O) groups is 2. The molecule has 1 aliphatic heterocycles. The van der Waals surface area contributed by atoms with E-state index in [2.05, 4.69) is 5.32 Å². The van der Waals surface area contributed by atoms with Gasteiger partial charge in [0.15, 0.2) is 23.9 Å². The molecular formula is C20H20FNO4S. The van der Waals surface area contributed by atoms with Gasteiger partial charge in [0, 0.05) is 16.2 Å². The molecule has 1 N–H and O–H groups in total. The number of ketones is 1. The summed E-state index contributed by atoms with van der Waals surface area (Å²) in [6, 6.07) is 9.47. The van der Waals surface area contributed by atoms with Crippen LogP contribution in [0.15, 0.2) is 41.3 Å². The van der Waals surface area contributed by atoms with Gasteiger partial charge in [0.2, 0.25) is 0 Å². The number of fused-ring (bicyclic) bond motifs is 1. The zero-order chi connectivity index (χ0) is 19.4. The van der Waals surface area contributed by atoms with Crippen LogP contribution >= 0.6 is 11.8 Å². The molecule has 142 valence electrons. The first-order valence-corrected chi connectivity index (χ1v) is 9.50. The SMILES string of the molecule is COc1cc(C(C)=O)ccc1OCC(=O)NC1CCSc2c(F)cccc21. The van der Waals surface area contributed by atoms with Gasteiger partial charge in [0.05, 0.1) is 13.2 Å². The third kappa shape index (κ3) is 4.42. The second kappa shape index (κ2) is 8.43. The second-order valence-corrected chi connectivity index (χ2v) is 7.23. The van der Waals surface area contributed by atoms with Crippen molar-refractivity contribution in [3.63, 3.8) is 0 Å². The van der Waals surface area contributed by atoms with E-state index >= 15 is 0 Å². The number of hydrogen-bond donors (Lipinski definition) is 1. The lowest BCUT2D eigenvalue weighted by molar-refractivity contribution is -0.123. The largest absolute Gasteiger partial charge is 0.493 e. The van der Waals surface area contributed by atoms with Crippen LogP contribution in [0, 0.1) is 5.82 Å². The first-order valence-electron chi connectivity index (χ1n) is 8.52. The molecule has 0 fully saturated rings. The molecule has 27 heavy (non-hydrogen) atoms. The molecule has 0 spiro atoms. The monoisotopic (exact) mass is 389 g/mol. The van der Waals surface area contributed by atoms with Gasteiger partial charge in [-0.3, -0.25) is 9.59 Å². The molecule has 3 rings (SSSR count). The van der Waals surface area contributed by atoms with Crippen LogP contribution in [0.3, 0.4) is 0 Å². The van der Waals surface area contributed by atoms with Gasteiger partial charge in [-0.2, -0.15) is 0 Å². The quantitative estimate of drug-likeness (QED) is 0.762. The Morgan fingerprint density at radius 1 is 1.26 bits per heavy atom. The van der Waals surface area contributed by atoms with Crippen molar-refractivity contribution in [2.24, 2.45) is 0 Å². The summed E-state index contributed by atoms with van der Waals surface area (Å²) in [6.45, 7) is 1.26. The lowest BCUT2D eigenvalue weighted by Crippen LogP contribution is -2.34. The number of carbonyl (C=O) groups excluding carboxylic acids is 2. The van der Waals surface area contributed by atoms with Crippen molar-refractivity contribution in [1.29, 1.82) is 0 Å². The number of amides is 1. The molecule has 0 radical (unpaired) electrons. The van der Waals surface area contributed by atoms with Gasteiger partial charge >= 0.3 is 0 Å².